The fourth-order valence-electron chi connectivity index (χ4n) is 1.48. The van der Waals surface area contributed by atoms with Crippen molar-refractivity contribution in [3.05, 3.63) is 41.2 Å². The summed E-state index contributed by atoms with van der Waals surface area (Å²) in [6.07, 6.45) is 0.752. The van der Waals surface area contributed by atoms with Crippen LogP contribution in [-0.2, 0) is 6.42 Å². The largest absolute Gasteiger partial charge is 0.384 e. The first kappa shape index (κ1) is 10.9. The Balaban J connectivity index is 2.56. The van der Waals surface area contributed by atoms with Crippen molar-refractivity contribution in [2.24, 2.45) is 0 Å². The maximum atomic E-state index is 6.11. The van der Waals surface area contributed by atoms with Crippen molar-refractivity contribution in [3.63, 3.8) is 0 Å². The number of aryl methyl sites for hydroxylation is 1. The number of halogens is 1. The molecule has 0 aliphatic rings. The zero-order valence-corrected chi connectivity index (χ0v) is 9.70. The summed E-state index contributed by atoms with van der Waals surface area (Å²) in [5.74, 6) is 1.21. The van der Waals surface area contributed by atoms with E-state index in [0.717, 1.165) is 23.5 Å². The van der Waals surface area contributed by atoms with E-state index in [-0.39, 0.29) is 0 Å². The van der Waals surface area contributed by atoms with Crippen molar-refractivity contribution in [1.82, 2.24) is 9.97 Å². The summed E-state index contributed by atoms with van der Waals surface area (Å²) in [4.78, 5) is 8.54. The molecule has 3 nitrogen and oxygen atoms in total. The average Bonchev–Trinajstić information content (AvgIpc) is 2.28. The van der Waals surface area contributed by atoms with Gasteiger partial charge in [0, 0.05) is 23.1 Å². The molecule has 0 atom stereocenters. The summed E-state index contributed by atoms with van der Waals surface area (Å²) in [5, 5.41) is 0.669. The summed E-state index contributed by atoms with van der Waals surface area (Å²) in [5.41, 5.74) is 7.38. The SMILES string of the molecule is CCc1nc(N)cc(-c2ccccc2Cl)n1. The maximum absolute atomic E-state index is 6.11. The molecule has 0 bridgehead atoms. The molecule has 2 rings (SSSR count). The Hall–Kier alpha value is -1.61. The Labute approximate surface area is 99.3 Å². The Morgan fingerprint density at radius 1 is 1.25 bits per heavy atom. The lowest BCUT2D eigenvalue weighted by Crippen LogP contribution is -2.00. The smallest absolute Gasteiger partial charge is 0.131 e. The van der Waals surface area contributed by atoms with Crippen molar-refractivity contribution >= 4 is 17.4 Å². The Bertz CT molecular complexity index is 511. The van der Waals surface area contributed by atoms with Gasteiger partial charge in [-0.3, -0.25) is 0 Å². The molecule has 0 spiro atoms. The van der Waals surface area contributed by atoms with Gasteiger partial charge in [0.1, 0.15) is 11.6 Å². The van der Waals surface area contributed by atoms with E-state index in [1.165, 1.54) is 0 Å². The lowest BCUT2D eigenvalue weighted by molar-refractivity contribution is 0.949. The molecular formula is C12H12ClN3. The van der Waals surface area contributed by atoms with E-state index in [0.29, 0.717) is 10.8 Å². The predicted molar refractivity (Wildman–Crippen MR) is 66.3 cm³/mol. The molecule has 0 radical (unpaired) electrons. The molecule has 0 fully saturated rings. The van der Waals surface area contributed by atoms with Crippen LogP contribution in [0.5, 0.6) is 0 Å². The summed E-state index contributed by atoms with van der Waals surface area (Å²) in [7, 11) is 0. The van der Waals surface area contributed by atoms with E-state index in [4.69, 9.17) is 17.3 Å². The van der Waals surface area contributed by atoms with Crippen LogP contribution in [0.25, 0.3) is 11.3 Å². The highest BCUT2D eigenvalue weighted by molar-refractivity contribution is 6.33. The van der Waals surface area contributed by atoms with Crippen molar-refractivity contribution in [1.29, 1.82) is 0 Å². The van der Waals surface area contributed by atoms with Gasteiger partial charge in [-0.05, 0) is 6.07 Å². The van der Waals surface area contributed by atoms with Gasteiger partial charge in [-0.25, -0.2) is 9.97 Å². The normalized spacial score (nSPS) is 10.4. The third kappa shape index (κ3) is 2.14. The molecule has 2 aromatic rings. The van der Waals surface area contributed by atoms with Crippen molar-refractivity contribution in [3.8, 4) is 11.3 Å². The van der Waals surface area contributed by atoms with Gasteiger partial charge >= 0.3 is 0 Å². The van der Waals surface area contributed by atoms with Gasteiger partial charge in [0.25, 0.3) is 0 Å². The van der Waals surface area contributed by atoms with Crippen LogP contribution in [0.1, 0.15) is 12.7 Å². The molecule has 0 aliphatic carbocycles. The van der Waals surface area contributed by atoms with Gasteiger partial charge in [0.05, 0.1) is 5.69 Å². The number of anilines is 1. The standard InChI is InChI=1S/C12H12ClN3/c1-2-12-15-10(7-11(14)16-12)8-5-3-4-6-9(8)13/h3-7H,2H2,1H3,(H2,14,15,16). The fourth-order valence-corrected chi connectivity index (χ4v) is 1.72. The molecule has 0 saturated carbocycles. The Morgan fingerprint density at radius 2 is 2.00 bits per heavy atom. The van der Waals surface area contributed by atoms with Gasteiger partial charge in [0.15, 0.2) is 0 Å². The van der Waals surface area contributed by atoms with Crippen molar-refractivity contribution in [2.45, 2.75) is 13.3 Å². The lowest BCUT2D eigenvalue weighted by atomic mass is 10.1. The van der Waals surface area contributed by atoms with Crippen molar-refractivity contribution in [2.75, 3.05) is 5.73 Å². The summed E-state index contributed by atoms with van der Waals surface area (Å²) in [6, 6.07) is 9.30. The van der Waals surface area contributed by atoms with Gasteiger partial charge in [-0.2, -0.15) is 0 Å². The van der Waals surface area contributed by atoms with E-state index in [9.17, 15) is 0 Å². The van der Waals surface area contributed by atoms with E-state index in [1.807, 2.05) is 31.2 Å². The number of nitrogens with zero attached hydrogens (tertiary/aromatic N) is 2. The molecule has 0 amide bonds. The second kappa shape index (κ2) is 4.49. The third-order valence-corrected chi connectivity index (χ3v) is 2.59. The number of benzene rings is 1. The molecule has 4 heteroatoms. The van der Waals surface area contributed by atoms with Gasteiger partial charge < -0.3 is 5.73 Å². The van der Waals surface area contributed by atoms with Gasteiger partial charge in [-0.15, -0.1) is 0 Å². The molecule has 2 N–H and O–H groups in total. The molecular weight excluding hydrogens is 222 g/mol. The average molecular weight is 234 g/mol. The van der Waals surface area contributed by atoms with Crippen LogP contribution in [0.3, 0.4) is 0 Å². The minimum atomic E-state index is 0.474. The number of nitrogens with two attached hydrogens (primary N) is 1. The zero-order valence-electron chi connectivity index (χ0n) is 8.94. The molecule has 0 saturated heterocycles. The molecule has 1 heterocycles. The molecule has 1 aromatic carbocycles. The monoisotopic (exact) mass is 233 g/mol. The lowest BCUT2D eigenvalue weighted by Gasteiger charge is -2.06. The molecule has 16 heavy (non-hydrogen) atoms. The number of rotatable bonds is 2. The Morgan fingerprint density at radius 3 is 2.69 bits per heavy atom. The fraction of sp³-hybridized carbons (Fsp3) is 0.167. The summed E-state index contributed by atoms with van der Waals surface area (Å²) < 4.78 is 0. The first-order valence-electron chi connectivity index (χ1n) is 5.09. The molecule has 82 valence electrons. The van der Waals surface area contributed by atoms with Crippen LogP contribution in [0, 0.1) is 0 Å². The van der Waals surface area contributed by atoms with Crippen LogP contribution in [-0.4, -0.2) is 9.97 Å². The van der Waals surface area contributed by atoms with Gasteiger partial charge in [0.2, 0.25) is 0 Å². The highest BCUT2D eigenvalue weighted by Gasteiger charge is 2.06. The zero-order chi connectivity index (χ0) is 11.5. The quantitative estimate of drug-likeness (QED) is 0.868. The van der Waals surface area contributed by atoms with Crippen LogP contribution in [0.4, 0.5) is 5.82 Å². The minimum Gasteiger partial charge on any atom is -0.384 e. The summed E-state index contributed by atoms with van der Waals surface area (Å²) in [6.45, 7) is 1.99. The molecule has 1 aromatic heterocycles. The van der Waals surface area contributed by atoms with E-state index >= 15 is 0 Å². The minimum absolute atomic E-state index is 0.474. The summed E-state index contributed by atoms with van der Waals surface area (Å²) >= 11 is 6.11. The van der Waals surface area contributed by atoms with E-state index < -0.39 is 0 Å². The Kier molecular flexibility index (Phi) is 3.06. The number of hydrogen-bond acceptors (Lipinski definition) is 3. The van der Waals surface area contributed by atoms with Gasteiger partial charge in [-0.1, -0.05) is 36.7 Å². The first-order chi connectivity index (χ1) is 7.70. The van der Waals surface area contributed by atoms with Crippen LogP contribution in [0.2, 0.25) is 5.02 Å². The highest BCUT2D eigenvalue weighted by Crippen LogP contribution is 2.26. The molecule has 0 aliphatic heterocycles. The van der Waals surface area contributed by atoms with E-state index in [1.54, 1.807) is 6.07 Å². The van der Waals surface area contributed by atoms with Crippen LogP contribution < -0.4 is 5.73 Å². The second-order valence-electron chi connectivity index (χ2n) is 3.43. The molecule has 0 unspecified atom stereocenters. The van der Waals surface area contributed by atoms with Crippen molar-refractivity contribution < 1.29 is 0 Å². The number of aromatic nitrogens is 2. The van der Waals surface area contributed by atoms with Crippen LogP contribution in [0.15, 0.2) is 30.3 Å². The number of nitrogen functional groups attached to an aromatic ring is 1. The first-order valence-corrected chi connectivity index (χ1v) is 5.47. The third-order valence-electron chi connectivity index (χ3n) is 2.26. The highest BCUT2D eigenvalue weighted by atomic mass is 35.5. The topological polar surface area (TPSA) is 51.8 Å². The maximum Gasteiger partial charge on any atom is 0.131 e. The van der Waals surface area contributed by atoms with E-state index in [2.05, 4.69) is 9.97 Å². The second-order valence-corrected chi connectivity index (χ2v) is 3.83. The van der Waals surface area contributed by atoms with Crippen LogP contribution >= 0.6 is 11.6 Å². The number of hydrogen-bond donors (Lipinski definition) is 1. The predicted octanol–water partition coefficient (Wildman–Crippen LogP) is 2.94.